The van der Waals surface area contributed by atoms with E-state index in [1.54, 1.807) is 23.6 Å². The summed E-state index contributed by atoms with van der Waals surface area (Å²) in [6.07, 6.45) is 3.29. The summed E-state index contributed by atoms with van der Waals surface area (Å²) in [5.41, 5.74) is 1.92. The SMILES string of the molecule is COCc1cn2c(Nc3cc([C@H]4CC[C@@H](OC(=O)NC56CC(C5)C6)[C@H]4F)[nH]n3)nc(OC)cc2n1. The Hall–Kier alpha value is -3.41. The number of nitrogens with one attached hydrogen (secondary N) is 3. The molecule has 7 rings (SSSR count). The molecule has 4 aliphatic carbocycles. The van der Waals surface area contributed by atoms with E-state index in [0.29, 0.717) is 48.4 Å². The third-order valence-electron chi connectivity index (χ3n) is 7.38. The van der Waals surface area contributed by atoms with Crippen molar-refractivity contribution >= 4 is 23.5 Å². The lowest BCUT2D eigenvalue weighted by atomic mass is 9.50. The monoisotopic (exact) mass is 485 g/mol. The number of imidazole rings is 1. The number of ether oxygens (including phenoxy) is 3. The van der Waals surface area contributed by atoms with Crippen LogP contribution in [0.3, 0.4) is 0 Å². The Morgan fingerprint density at radius 3 is 2.80 bits per heavy atom. The van der Waals surface area contributed by atoms with Gasteiger partial charge in [-0.15, -0.1) is 0 Å². The number of rotatable bonds is 8. The number of halogens is 1. The van der Waals surface area contributed by atoms with Gasteiger partial charge in [-0.3, -0.25) is 9.50 Å². The van der Waals surface area contributed by atoms with Crippen LogP contribution in [-0.4, -0.2) is 62.7 Å². The predicted molar refractivity (Wildman–Crippen MR) is 122 cm³/mol. The highest BCUT2D eigenvalue weighted by Crippen LogP contribution is 2.57. The quantitative estimate of drug-likeness (QED) is 0.444. The standard InChI is InChI=1S/C23H28FN7O4/c1-33-11-13-10-31-18(25-13)6-19(34-2)27-21(31)26-17-5-15(29-30-17)14-3-4-16(20(14)24)35-22(32)28-23-7-12(8-23)9-23/h5-6,10,12,14,16,20H,3-4,7-9,11H2,1-2H3,(H,28,32)(H2,26,27,29,30)/t12?,14-,16-,20+,23?/m1/s1. The number of aromatic nitrogens is 5. The van der Waals surface area contributed by atoms with Crippen LogP contribution in [-0.2, 0) is 16.1 Å². The minimum Gasteiger partial charge on any atom is -0.481 e. The first-order chi connectivity index (χ1) is 16.9. The van der Waals surface area contributed by atoms with Crippen LogP contribution in [0.25, 0.3) is 5.65 Å². The van der Waals surface area contributed by atoms with Crippen molar-refractivity contribution in [2.45, 2.75) is 62.4 Å². The van der Waals surface area contributed by atoms with Gasteiger partial charge in [0.1, 0.15) is 17.9 Å². The summed E-state index contributed by atoms with van der Waals surface area (Å²) in [5, 5.41) is 13.3. The van der Waals surface area contributed by atoms with E-state index >= 15 is 4.39 Å². The molecule has 12 heteroatoms. The molecule has 3 aromatic rings. The molecule has 3 aromatic heterocycles. The molecule has 4 fully saturated rings. The van der Waals surface area contributed by atoms with Gasteiger partial charge in [0.15, 0.2) is 5.82 Å². The molecule has 0 saturated heterocycles. The second kappa shape index (κ2) is 8.36. The normalized spacial score (nSPS) is 28.9. The third kappa shape index (κ3) is 3.95. The van der Waals surface area contributed by atoms with Gasteiger partial charge in [-0.25, -0.2) is 14.2 Å². The van der Waals surface area contributed by atoms with Gasteiger partial charge >= 0.3 is 6.09 Å². The number of carbonyl (C=O) groups is 1. The Morgan fingerprint density at radius 2 is 2.09 bits per heavy atom. The van der Waals surface area contributed by atoms with Gasteiger partial charge in [-0.2, -0.15) is 10.1 Å². The van der Waals surface area contributed by atoms with E-state index in [0.717, 1.165) is 30.9 Å². The fraction of sp³-hybridized carbons (Fsp3) is 0.565. The Balaban J connectivity index is 1.14. The topological polar surface area (TPSA) is 128 Å². The number of hydrogen-bond donors (Lipinski definition) is 3. The number of nitrogens with zero attached hydrogens (tertiary/aromatic N) is 4. The largest absolute Gasteiger partial charge is 0.481 e. The van der Waals surface area contributed by atoms with Crippen LogP contribution >= 0.6 is 0 Å². The number of methoxy groups -OCH3 is 2. The van der Waals surface area contributed by atoms with Crippen molar-refractivity contribution in [2.24, 2.45) is 5.92 Å². The molecule has 4 saturated carbocycles. The van der Waals surface area contributed by atoms with Crippen molar-refractivity contribution in [3.05, 3.63) is 29.7 Å². The summed E-state index contributed by atoms with van der Waals surface area (Å²) < 4.78 is 32.9. The van der Waals surface area contributed by atoms with Crippen LogP contribution in [0.4, 0.5) is 21.0 Å². The molecule has 0 radical (unpaired) electrons. The van der Waals surface area contributed by atoms with E-state index in [1.165, 1.54) is 7.11 Å². The molecule has 186 valence electrons. The van der Waals surface area contributed by atoms with E-state index in [1.807, 2.05) is 6.20 Å². The second-order valence-corrected chi connectivity index (χ2v) is 9.80. The smallest absolute Gasteiger partial charge is 0.407 e. The summed E-state index contributed by atoms with van der Waals surface area (Å²) in [6.45, 7) is 0.359. The number of fused-ring (bicyclic) bond motifs is 1. The number of alkyl halides is 1. The number of carbonyl (C=O) groups excluding carboxylic acids is 1. The van der Waals surface area contributed by atoms with Crippen LogP contribution in [0.15, 0.2) is 18.3 Å². The number of aromatic amines is 1. The summed E-state index contributed by atoms with van der Waals surface area (Å²) in [5.74, 6) is 1.62. The van der Waals surface area contributed by atoms with Crippen molar-refractivity contribution in [1.29, 1.82) is 0 Å². The molecular weight excluding hydrogens is 457 g/mol. The van der Waals surface area contributed by atoms with E-state index < -0.39 is 24.3 Å². The van der Waals surface area contributed by atoms with Gasteiger partial charge in [0.25, 0.3) is 0 Å². The molecule has 1 amide bonds. The lowest BCUT2D eigenvalue weighted by Crippen LogP contribution is -2.68. The molecular formula is C23H28FN7O4. The van der Waals surface area contributed by atoms with Gasteiger partial charge in [-0.1, -0.05) is 0 Å². The van der Waals surface area contributed by atoms with E-state index in [2.05, 4.69) is 30.8 Å². The maximum absolute atomic E-state index is 15.2. The molecule has 35 heavy (non-hydrogen) atoms. The zero-order chi connectivity index (χ0) is 24.2. The minimum absolute atomic E-state index is 0.0886. The maximum atomic E-state index is 15.2. The first kappa shape index (κ1) is 22.1. The fourth-order valence-electron chi connectivity index (χ4n) is 5.52. The minimum atomic E-state index is -1.31. The summed E-state index contributed by atoms with van der Waals surface area (Å²) >= 11 is 0. The van der Waals surface area contributed by atoms with Gasteiger partial charge in [0.05, 0.1) is 19.4 Å². The first-order valence-corrected chi connectivity index (χ1v) is 11.8. The van der Waals surface area contributed by atoms with Crippen LogP contribution in [0, 0.1) is 5.92 Å². The molecule has 3 heterocycles. The zero-order valence-electron chi connectivity index (χ0n) is 19.6. The third-order valence-corrected chi connectivity index (χ3v) is 7.38. The summed E-state index contributed by atoms with van der Waals surface area (Å²) in [7, 11) is 3.14. The fourth-order valence-corrected chi connectivity index (χ4v) is 5.52. The van der Waals surface area contributed by atoms with Crippen LogP contribution in [0.1, 0.15) is 49.4 Å². The average Bonchev–Trinajstić information content (AvgIpc) is 3.49. The molecule has 4 aliphatic rings. The molecule has 2 bridgehead atoms. The van der Waals surface area contributed by atoms with Crippen molar-refractivity contribution in [1.82, 2.24) is 29.9 Å². The van der Waals surface area contributed by atoms with Crippen molar-refractivity contribution in [2.75, 3.05) is 19.5 Å². The van der Waals surface area contributed by atoms with E-state index in [4.69, 9.17) is 14.2 Å². The van der Waals surface area contributed by atoms with Crippen molar-refractivity contribution in [3.63, 3.8) is 0 Å². The van der Waals surface area contributed by atoms with Crippen molar-refractivity contribution in [3.8, 4) is 5.88 Å². The lowest BCUT2D eigenvalue weighted by Gasteiger charge is -2.61. The number of alkyl carbamates (subject to hydrolysis) is 1. The van der Waals surface area contributed by atoms with Gasteiger partial charge in [0.2, 0.25) is 11.8 Å². The second-order valence-electron chi connectivity index (χ2n) is 9.80. The summed E-state index contributed by atoms with van der Waals surface area (Å²) in [6, 6.07) is 3.47. The Labute approximate surface area is 200 Å². The highest BCUT2D eigenvalue weighted by Gasteiger charge is 2.58. The number of hydrogen-bond acceptors (Lipinski definition) is 8. The Bertz CT molecular complexity index is 1240. The van der Waals surface area contributed by atoms with Gasteiger partial charge in [-0.05, 0) is 38.0 Å². The van der Waals surface area contributed by atoms with Gasteiger partial charge in [0, 0.05) is 42.6 Å². The zero-order valence-corrected chi connectivity index (χ0v) is 19.6. The first-order valence-electron chi connectivity index (χ1n) is 11.8. The number of amides is 1. The van der Waals surface area contributed by atoms with Gasteiger partial charge < -0.3 is 24.8 Å². The molecule has 3 atom stereocenters. The van der Waals surface area contributed by atoms with Crippen LogP contribution in [0.5, 0.6) is 5.88 Å². The average molecular weight is 486 g/mol. The van der Waals surface area contributed by atoms with E-state index in [9.17, 15) is 4.79 Å². The molecule has 3 N–H and O–H groups in total. The maximum Gasteiger partial charge on any atom is 0.407 e. The number of H-pyrrole nitrogens is 1. The van der Waals surface area contributed by atoms with E-state index in [-0.39, 0.29) is 5.54 Å². The summed E-state index contributed by atoms with van der Waals surface area (Å²) in [4.78, 5) is 21.2. The molecule has 0 spiro atoms. The molecule has 0 unspecified atom stereocenters. The van der Waals surface area contributed by atoms with Crippen LogP contribution < -0.4 is 15.4 Å². The molecule has 0 aliphatic heterocycles. The predicted octanol–water partition coefficient (Wildman–Crippen LogP) is 3.21. The van der Waals surface area contributed by atoms with Crippen LogP contribution in [0.2, 0.25) is 0 Å². The van der Waals surface area contributed by atoms with Crippen molar-refractivity contribution < 1.29 is 23.4 Å². The number of anilines is 2. The lowest BCUT2D eigenvalue weighted by molar-refractivity contribution is -0.0532. The highest BCUT2D eigenvalue weighted by atomic mass is 19.1. The Morgan fingerprint density at radius 1 is 1.26 bits per heavy atom. The molecule has 11 nitrogen and oxygen atoms in total. The molecule has 0 aromatic carbocycles. The highest BCUT2D eigenvalue weighted by molar-refractivity contribution is 5.69. The Kier molecular flexibility index (Phi) is 5.28.